The zero-order valence-electron chi connectivity index (χ0n) is 7.26. The van der Waals surface area contributed by atoms with E-state index in [1.807, 2.05) is 0 Å². The predicted molar refractivity (Wildman–Crippen MR) is 40.0 cm³/mol. The molecule has 13 heavy (non-hydrogen) atoms. The van der Waals surface area contributed by atoms with Gasteiger partial charge in [-0.15, -0.1) is 0 Å². The minimum Gasteiger partial charge on any atom is -0.287 e. The van der Waals surface area contributed by atoms with Gasteiger partial charge in [0.15, 0.2) is 5.79 Å². The molecule has 0 aromatic carbocycles. The molecule has 0 aromatic rings. The smallest absolute Gasteiger partial charge is 0.287 e. The van der Waals surface area contributed by atoms with Gasteiger partial charge in [-0.05, 0) is 13.8 Å². The van der Waals surface area contributed by atoms with Crippen molar-refractivity contribution in [3.05, 3.63) is 20.2 Å². The molecule has 0 radical (unpaired) electrons. The molecule has 0 N–H and O–H groups in total. The number of rotatable bonds is 6. The van der Waals surface area contributed by atoms with Crippen molar-refractivity contribution in [1.82, 2.24) is 0 Å². The molecule has 0 heterocycles. The minimum absolute atomic E-state index is 0.697. The molecular formula is C5H10N2O6. The Morgan fingerprint density at radius 3 is 1.62 bits per heavy atom. The van der Waals surface area contributed by atoms with Crippen molar-refractivity contribution in [2.24, 2.45) is 0 Å². The molecule has 0 aromatic heterocycles. The van der Waals surface area contributed by atoms with Gasteiger partial charge in [-0.1, -0.05) is 0 Å². The average Bonchev–Trinajstić information content (AvgIpc) is 1.98. The molecule has 0 saturated carbocycles. The van der Waals surface area contributed by atoms with E-state index in [1.54, 1.807) is 0 Å². The maximum Gasteiger partial charge on any atom is 0.308 e. The molecular weight excluding hydrogens is 184 g/mol. The molecule has 0 saturated heterocycles. The fourth-order valence-electron chi connectivity index (χ4n) is 0.458. The Bertz CT molecular complexity index is 183. The zero-order chi connectivity index (χ0) is 10.5. The first-order valence-corrected chi connectivity index (χ1v) is 3.35. The summed E-state index contributed by atoms with van der Waals surface area (Å²) in [5, 5.41) is 19.8. The summed E-state index contributed by atoms with van der Waals surface area (Å²) in [4.78, 5) is 18.4. The molecule has 0 rings (SSSR count). The summed E-state index contributed by atoms with van der Waals surface area (Å²) in [5.41, 5.74) is 0. The summed E-state index contributed by atoms with van der Waals surface area (Å²) in [5.74, 6) is -1.32. The van der Waals surface area contributed by atoms with Gasteiger partial charge in [-0.3, -0.25) is 29.7 Å². The fraction of sp³-hybridized carbons (Fsp3) is 1.00. The van der Waals surface area contributed by atoms with Gasteiger partial charge in [0, 0.05) is 9.85 Å². The first-order chi connectivity index (χ1) is 5.83. The lowest BCUT2D eigenvalue weighted by molar-refractivity contribution is -0.571. The van der Waals surface area contributed by atoms with Crippen LogP contribution in [0.3, 0.4) is 0 Å². The maximum absolute atomic E-state index is 9.88. The highest BCUT2D eigenvalue weighted by Gasteiger charge is 2.23. The van der Waals surface area contributed by atoms with Crippen LogP contribution in [0.25, 0.3) is 0 Å². The van der Waals surface area contributed by atoms with Crippen LogP contribution in [0, 0.1) is 20.2 Å². The maximum atomic E-state index is 9.88. The van der Waals surface area contributed by atoms with Crippen molar-refractivity contribution < 1.29 is 19.3 Å². The van der Waals surface area contributed by atoms with Crippen molar-refractivity contribution in [2.45, 2.75) is 19.6 Å². The summed E-state index contributed by atoms with van der Waals surface area (Å²) in [6.45, 7) is 1.23. The molecule has 0 bridgehead atoms. The van der Waals surface area contributed by atoms with Gasteiger partial charge in [-0.25, -0.2) is 0 Å². The van der Waals surface area contributed by atoms with Crippen LogP contribution in [-0.2, 0) is 9.47 Å². The Balaban J connectivity index is 3.79. The van der Waals surface area contributed by atoms with Crippen molar-refractivity contribution in [2.75, 3.05) is 13.5 Å². The lowest BCUT2D eigenvalue weighted by Crippen LogP contribution is -2.32. The third-order valence-electron chi connectivity index (χ3n) is 1.04. The van der Waals surface area contributed by atoms with Gasteiger partial charge in [-0.2, -0.15) is 0 Å². The third kappa shape index (κ3) is 7.09. The van der Waals surface area contributed by atoms with Crippen LogP contribution in [0.15, 0.2) is 0 Å². The Labute approximate surface area is 73.7 Å². The zero-order valence-corrected chi connectivity index (χ0v) is 7.26. The molecule has 76 valence electrons. The number of ether oxygens (including phenoxy) is 2. The Morgan fingerprint density at radius 1 is 1.08 bits per heavy atom. The summed E-state index contributed by atoms with van der Waals surface area (Å²) >= 11 is 0. The van der Waals surface area contributed by atoms with Gasteiger partial charge < -0.3 is 0 Å². The molecule has 0 atom stereocenters. The van der Waals surface area contributed by atoms with E-state index >= 15 is 0 Å². The van der Waals surface area contributed by atoms with Crippen molar-refractivity contribution in [3.8, 4) is 0 Å². The summed E-state index contributed by atoms with van der Waals surface area (Å²) < 4.78 is 9.23. The standard InChI is InChI=1S/C5H10N2O6/c1-5(2,12-3-6(8)9)13-4-7(10)11/h3-4H2,1-2H3. The van der Waals surface area contributed by atoms with Crippen LogP contribution in [0.5, 0.6) is 0 Å². The minimum atomic E-state index is -1.32. The summed E-state index contributed by atoms with van der Waals surface area (Å²) in [7, 11) is 0. The van der Waals surface area contributed by atoms with E-state index in [0.717, 1.165) is 0 Å². The summed E-state index contributed by atoms with van der Waals surface area (Å²) in [6.07, 6.45) is 0. The molecule has 0 unspecified atom stereocenters. The molecule has 8 heteroatoms. The SMILES string of the molecule is CC(C)(OC[N+](=O)[O-])OC[N+](=O)[O-]. The largest absolute Gasteiger partial charge is 0.308 e. The highest BCUT2D eigenvalue weighted by molar-refractivity contribution is 4.49. The number of hydrogen-bond donors (Lipinski definition) is 0. The normalized spacial score (nSPS) is 11.2. The van der Waals surface area contributed by atoms with Gasteiger partial charge in [0.2, 0.25) is 0 Å². The van der Waals surface area contributed by atoms with Gasteiger partial charge in [0.1, 0.15) is 0 Å². The van der Waals surface area contributed by atoms with Gasteiger partial charge in [0.05, 0.1) is 0 Å². The Morgan fingerprint density at radius 2 is 1.38 bits per heavy atom. The summed E-state index contributed by atoms with van der Waals surface area (Å²) in [6, 6.07) is 0. The highest BCUT2D eigenvalue weighted by atomic mass is 16.8. The number of hydrogen-bond acceptors (Lipinski definition) is 6. The average molecular weight is 194 g/mol. The number of nitro groups is 2. The highest BCUT2D eigenvalue weighted by Crippen LogP contribution is 2.10. The second-order valence-electron chi connectivity index (χ2n) is 2.61. The van der Waals surface area contributed by atoms with E-state index < -0.39 is 29.1 Å². The topological polar surface area (TPSA) is 105 Å². The second kappa shape index (κ2) is 4.67. The first kappa shape index (κ1) is 11.7. The van der Waals surface area contributed by atoms with Gasteiger partial charge >= 0.3 is 13.5 Å². The Hall–Kier alpha value is -1.28. The molecule has 0 fully saturated rings. The van der Waals surface area contributed by atoms with Crippen LogP contribution < -0.4 is 0 Å². The van der Waals surface area contributed by atoms with Crippen LogP contribution in [0.2, 0.25) is 0 Å². The van der Waals surface area contributed by atoms with E-state index in [1.165, 1.54) is 13.8 Å². The number of nitrogens with zero attached hydrogens (tertiary/aromatic N) is 2. The van der Waals surface area contributed by atoms with Crippen molar-refractivity contribution >= 4 is 0 Å². The third-order valence-corrected chi connectivity index (χ3v) is 1.04. The van der Waals surface area contributed by atoms with E-state index in [0.29, 0.717) is 0 Å². The molecule has 0 aliphatic carbocycles. The second-order valence-corrected chi connectivity index (χ2v) is 2.61. The molecule has 8 nitrogen and oxygen atoms in total. The lowest BCUT2D eigenvalue weighted by Gasteiger charge is -2.20. The van der Waals surface area contributed by atoms with E-state index in [2.05, 4.69) is 9.47 Å². The molecule has 0 spiro atoms. The molecule has 0 amide bonds. The lowest BCUT2D eigenvalue weighted by atomic mass is 10.4. The van der Waals surface area contributed by atoms with Crippen LogP contribution in [0.4, 0.5) is 0 Å². The fourth-order valence-corrected chi connectivity index (χ4v) is 0.458. The van der Waals surface area contributed by atoms with Gasteiger partial charge in [0.25, 0.3) is 0 Å². The predicted octanol–water partition coefficient (Wildman–Crippen LogP) is 0.224. The van der Waals surface area contributed by atoms with Crippen molar-refractivity contribution in [1.29, 1.82) is 0 Å². The van der Waals surface area contributed by atoms with Crippen LogP contribution in [-0.4, -0.2) is 29.1 Å². The van der Waals surface area contributed by atoms with Crippen LogP contribution >= 0.6 is 0 Å². The van der Waals surface area contributed by atoms with Crippen molar-refractivity contribution in [3.63, 3.8) is 0 Å². The Kier molecular flexibility index (Phi) is 4.21. The van der Waals surface area contributed by atoms with Crippen LogP contribution in [0.1, 0.15) is 13.8 Å². The first-order valence-electron chi connectivity index (χ1n) is 3.35. The molecule has 0 aliphatic rings. The van der Waals surface area contributed by atoms with E-state index in [-0.39, 0.29) is 0 Å². The quantitative estimate of drug-likeness (QED) is 0.340. The van der Waals surface area contributed by atoms with E-state index in [9.17, 15) is 20.2 Å². The van der Waals surface area contributed by atoms with E-state index in [4.69, 9.17) is 0 Å². The monoisotopic (exact) mass is 194 g/mol. The molecule has 0 aliphatic heterocycles.